The standard InChI is InChI=1S/C12H11ClIN3O/c13-10-5-6-12(17-15)16-11(10)7-18-9-3-1-8(14)2-4-9/h1-6H,7,15H2,(H,16,17). The first-order chi connectivity index (χ1) is 8.69. The Bertz CT molecular complexity index is 533. The number of nitrogens with two attached hydrogens (primary N) is 1. The molecule has 0 atom stereocenters. The lowest BCUT2D eigenvalue weighted by atomic mass is 10.3. The molecule has 3 N–H and O–H groups in total. The van der Waals surface area contributed by atoms with Crippen LogP contribution >= 0.6 is 34.2 Å². The molecule has 94 valence electrons. The zero-order chi connectivity index (χ0) is 13.0. The normalized spacial score (nSPS) is 10.2. The van der Waals surface area contributed by atoms with E-state index in [1.165, 1.54) is 0 Å². The van der Waals surface area contributed by atoms with Crippen LogP contribution in [-0.2, 0) is 6.61 Å². The van der Waals surface area contributed by atoms with E-state index in [1.807, 2.05) is 24.3 Å². The highest BCUT2D eigenvalue weighted by molar-refractivity contribution is 14.1. The van der Waals surface area contributed by atoms with Crippen molar-refractivity contribution in [3.8, 4) is 5.75 Å². The lowest BCUT2D eigenvalue weighted by molar-refractivity contribution is 0.301. The van der Waals surface area contributed by atoms with Crippen molar-refractivity contribution in [3.05, 3.63) is 50.7 Å². The first kappa shape index (κ1) is 13.4. The van der Waals surface area contributed by atoms with Crippen molar-refractivity contribution in [3.63, 3.8) is 0 Å². The van der Waals surface area contributed by atoms with Gasteiger partial charge in [0.15, 0.2) is 0 Å². The first-order valence-electron chi connectivity index (χ1n) is 5.19. The van der Waals surface area contributed by atoms with E-state index in [9.17, 15) is 0 Å². The van der Waals surface area contributed by atoms with Crippen molar-refractivity contribution >= 4 is 40.0 Å². The average Bonchev–Trinajstić information content (AvgIpc) is 2.40. The molecule has 0 fully saturated rings. The molecule has 0 aliphatic carbocycles. The van der Waals surface area contributed by atoms with Crippen LogP contribution < -0.4 is 16.0 Å². The second-order valence-corrected chi connectivity index (χ2v) is 5.16. The highest BCUT2D eigenvalue weighted by Crippen LogP contribution is 2.19. The van der Waals surface area contributed by atoms with Crippen molar-refractivity contribution in [2.24, 2.45) is 5.84 Å². The van der Waals surface area contributed by atoms with Crippen LogP contribution in [0.15, 0.2) is 36.4 Å². The molecule has 0 radical (unpaired) electrons. The van der Waals surface area contributed by atoms with Gasteiger partial charge in [-0.15, -0.1) is 0 Å². The van der Waals surface area contributed by atoms with Crippen LogP contribution in [0.25, 0.3) is 0 Å². The van der Waals surface area contributed by atoms with Gasteiger partial charge in [-0.25, -0.2) is 10.8 Å². The van der Waals surface area contributed by atoms with E-state index in [4.69, 9.17) is 22.2 Å². The van der Waals surface area contributed by atoms with Crippen molar-refractivity contribution in [1.29, 1.82) is 0 Å². The number of nitrogens with one attached hydrogen (secondary N) is 1. The van der Waals surface area contributed by atoms with Crippen LogP contribution in [-0.4, -0.2) is 4.98 Å². The highest BCUT2D eigenvalue weighted by atomic mass is 127. The van der Waals surface area contributed by atoms with E-state index in [0.717, 1.165) is 9.32 Å². The van der Waals surface area contributed by atoms with Gasteiger partial charge in [0.25, 0.3) is 0 Å². The number of pyridine rings is 1. The maximum Gasteiger partial charge on any atom is 0.140 e. The third kappa shape index (κ3) is 3.47. The summed E-state index contributed by atoms with van der Waals surface area (Å²) in [6, 6.07) is 11.2. The Morgan fingerprint density at radius 1 is 1.22 bits per heavy atom. The van der Waals surface area contributed by atoms with Crippen LogP contribution in [0.5, 0.6) is 5.75 Å². The minimum Gasteiger partial charge on any atom is -0.487 e. The largest absolute Gasteiger partial charge is 0.487 e. The number of benzene rings is 1. The molecule has 1 aromatic carbocycles. The number of ether oxygens (including phenoxy) is 1. The highest BCUT2D eigenvalue weighted by Gasteiger charge is 2.04. The fourth-order valence-corrected chi connectivity index (χ4v) is 1.87. The van der Waals surface area contributed by atoms with Gasteiger partial charge in [-0.3, -0.25) is 0 Å². The SMILES string of the molecule is NNc1ccc(Cl)c(COc2ccc(I)cc2)n1. The molecule has 0 aliphatic heterocycles. The predicted octanol–water partition coefficient (Wildman–Crippen LogP) is 3.20. The summed E-state index contributed by atoms with van der Waals surface area (Å²) in [5.41, 5.74) is 3.12. The zero-order valence-electron chi connectivity index (χ0n) is 9.36. The smallest absolute Gasteiger partial charge is 0.140 e. The van der Waals surface area contributed by atoms with Gasteiger partial charge >= 0.3 is 0 Å². The predicted molar refractivity (Wildman–Crippen MR) is 80.5 cm³/mol. The molecule has 2 rings (SSSR count). The van der Waals surface area contributed by atoms with Crippen molar-refractivity contribution in [2.75, 3.05) is 5.43 Å². The van der Waals surface area contributed by atoms with Gasteiger partial charge in [-0.1, -0.05) is 11.6 Å². The Balaban J connectivity index is 2.07. The van der Waals surface area contributed by atoms with Crippen LogP contribution in [0.2, 0.25) is 5.02 Å². The van der Waals surface area contributed by atoms with Crippen LogP contribution in [0.3, 0.4) is 0 Å². The number of nitrogens with zero attached hydrogens (tertiary/aromatic N) is 1. The second kappa shape index (κ2) is 6.21. The molecule has 2 aromatic rings. The number of hydrogen-bond donors (Lipinski definition) is 2. The monoisotopic (exact) mass is 375 g/mol. The lowest BCUT2D eigenvalue weighted by Gasteiger charge is -2.08. The van der Waals surface area contributed by atoms with Crippen molar-refractivity contribution < 1.29 is 4.74 Å². The van der Waals surface area contributed by atoms with Crippen molar-refractivity contribution in [1.82, 2.24) is 4.98 Å². The number of anilines is 1. The summed E-state index contributed by atoms with van der Waals surface area (Å²) >= 11 is 8.27. The summed E-state index contributed by atoms with van der Waals surface area (Å²) in [7, 11) is 0. The van der Waals surface area contributed by atoms with E-state index in [1.54, 1.807) is 12.1 Å². The summed E-state index contributed by atoms with van der Waals surface area (Å²) in [6.45, 7) is 0.301. The number of hydrazine groups is 1. The molecule has 0 saturated carbocycles. The molecule has 0 bridgehead atoms. The summed E-state index contributed by atoms with van der Waals surface area (Å²) in [4.78, 5) is 4.23. The van der Waals surface area contributed by atoms with Gasteiger partial charge in [0.2, 0.25) is 0 Å². The van der Waals surface area contributed by atoms with Crippen molar-refractivity contribution in [2.45, 2.75) is 6.61 Å². The molecule has 0 aliphatic rings. The van der Waals surface area contributed by atoms with E-state index in [-0.39, 0.29) is 0 Å². The average molecular weight is 376 g/mol. The Morgan fingerprint density at radius 2 is 1.94 bits per heavy atom. The fourth-order valence-electron chi connectivity index (χ4n) is 1.35. The molecule has 0 unspecified atom stereocenters. The molecule has 1 heterocycles. The molecule has 0 amide bonds. The summed E-state index contributed by atoms with van der Waals surface area (Å²) < 4.78 is 6.77. The molecule has 0 saturated heterocycles. The Morgan fingerprint density at radius 3 is 2.61 bits per heavy atom. The molecule has 6 heteroatoms. The quantitative estimate of drug-likeness (QED) is 0.489. The van der Waals surface area contributed by atoms with Crippen LogP contribution in [0.4, 0.5) is 5.82 Å². The summed E-state index contributed by atoms with van der Waals surface area (Å²) in [6.07, 6.45) is 0. The van der Waals surface area contributed by atoms with E-state index in [2.05, 4.69) is 33.0 Å². The van der Waals surface area contributed by atoms with Crippen LogP contribution in [0.1, 0.15) is 5.69 Å². The van der Waals surface area contributed by atoms with E-state index in [0.29, 0.717) is 23.1 Å². The second-order valence-electron chi connectivity index (χ2n) is 3.51. The topological polar surface area (TPSA) is 60.2 Å². The number of rotatable bonds is 4. The van der Waals surface area contributed by atoms with Gasteiger partial charge in [0, 0.05) is 3.57 Å². The first-order valence-corrected chi connectivity index (χ1v) is 6.65. The maximum absolute atomic E-state index is 6.03. The summed E-state index contributed by atoms with van der Waals surface area (Å²) in [5.74, 6) is 6.63. The number of halogens is 2. The number of nitrogen functional groups attached to an aromatic ring is 1. The summed E-state index contributed by atoms with van der Waals surface area (Å²) in [5, 5.41) is 0.555. The van der Waals surface area contributed by atoms with Gasteiger partial charge in [0.05, 0.1) is 10.7 Å². The van der Waals surface area contributed by atoms with Gasteiger partial charge < -0.3 is 10.2 Å². The van der Waals surface area contributed by atoms with E-state index >= 15 is 0 Å². The van der Waals surface area contributed by atoms with Gasteiger partial charge in [-0.2, -0.15) is 0 Å². The molecule has 1 aromatic heterocycles. The molecule has 18 heavy (non-hydrogen) atoms. The number of aromatic nitrogens is 1. The van der Waals surface area contributed by atoms with E-state index < -0.39 is 0 Å². The third-order valence-electron chi connectivity index (χ3n) is 2.26. The van der Waals surface area contributed by atoms with Gasteiger partial charge in [-0.05, 0) is 59.0 Å². The minimum atomic E-state index is 0.301. The maximum atomic E-state index is 6.03. The zero-order valence-corrected chi connectivity index (χ0v) is 12.3. The molecular formula is C12H11ClIN3O. The Hall–Kier alpha value is -1.05. The lowest BCUT2D eigenvalue weighted by Crippen LogP contribution is -2.10. The molecule has 4 nitrogen and oxygen atoms in total. The molecule has 0 spiro atoms. The minimum absolute atomic E-state index is 0.301. The third-order valence-corrected chi connectivity index (χ3v) is 3.32. The number of hydrogen-bond acceptors (Lipinski definition) is 4. The Labute approximate surface area is 124 Å². The fraction of sp³-hybridized carbons (Fsp3) is 0.0833. The van der Waals surface area contributed by atoms with Crippen LogP contribution in [0, 0.1) is 3.57 Å². The Kier molecular flexibility index (Phi) is 4.62. The van der Waals surface area contributed by atoms with Gasteiger partial charge in [0.1, 0.15) is 18.2 Å². The molecular weight excluding hydrogens is 365 g/mol.